The van der Waals surface area contributed by atoms with Crippen molar-refractivity contribution in [2.24, 2.45) is 0 Å². The molecule has 3 aromatic rings. The van der Waals surface area contributed by atoms with Gasteiger partial charge in [-0.2, -0.15) is 0 Å². The summed E-state index contributed by atoms with van der Waals surface area (Å²) in [5, 5.41) is 7.64. The summed E-state index contributed by atoms with van der Waals surface area (Å²) >= 11 is 0. The molecular weight excluding hydrogens is 302 g/mol. The van der Waals surface area contributed by atoms with Gasteiger partial charge in [-0.15, -0.1) is 10.2 Å². The van der Waals surface area contributed by atoms with Crippen LogP contribution in [0.4, 0.5) is 0 Å². The van der Waals surface area contributed by atoms with Crippen LogP contribution >= 0.6 is 0 Å². The highest BCUT2D eigenvalue weighted by molar-refractivity contribution is 5.95. The van der Waals surface area contributed by atoms with E-state index in [0.29, 0.717) is 5.56 Å². The summed E-state index contributed by atoms with van der Waals surface area (Å²) in [5.41, 5.74) is 2.80. The molecule has 1 aromatic carbocycles. The number of hydrogen-bond acceptors (Lipinski definition) is 3. The molecule has 2 aromatic heterocycles. The fourth-order valence-corrected chi connectivity index (χ4v) is 3.44. The first-order chi connectivity index (χ1) is 11.8. The van der Waals surface area contributed by atoms with Gasteiger partial charge in [0.2, 0.25) is 0 Å². The number of benzene rings is 1. The van der Waals surface area contributed by atoms with E-state index in [2.05, 4.69) is 40.0 Å². The maximum absolute atomic E-state index is 13.1. The van der Waals surface area contributed by atoms with Gasteiger partial charge >= 0.3 is 0 Å². The van der Waals surface area contributed by atoms with Crippen LogP contribution in [0.1, 0.15) is 35.4 Å². The zero-order chi connectivity index (χ0) is 16.5. The van der Waals surface area contributed by atoms with Crippen LogP contribution in [0.3, 0.4) is 0 Å². The molecule has 0 spiro atoms. The van der Waals surface area contributed by atoms with Gasteiger partial charge in [-0.05, 0) is 36.8 Å². The fourth-order valence-electron chi connectivity index (χ4n) is 3.44. The van der Waals surface area contributed by atoms with E-state index in [9.17, 15) is 4.79 Å². The first kappa shape index (κ1) is 14.7. The van der Waals surface area contributed by atoms with Crippen LogP contribution in [0.2, 0.25) is 0 Å². The zero-order valence-electron chi connectivity index (χ0n) is 13.5. The molecular formula is C18H19N5O. The van der Waals surface area contributed by atoms with Crippen LogP contribution in [-0.4, -0.2) is 36.7 Å². The molecule has 3 heterocycles. The predicted molar refractivity (Wildman–Crippen MR) is 89.9 cm³/mol. The van der Waals surface area contributed by atoms with E-state index in [-0.39, 0.29) is 11.9 Å². The highest BCUT2D eigenvalue weighted by Gasteiger charge is 2.30. The summed E-state index contributed by atoms with van der Waals surface area (Å²) < 4.78 is 4.04. The van der Waals surface area contributed by atoms with Crippen molar-refractivity contribution in [3.63, 3.8) is 0 Å². The van der Waals surface area contributed by atoms with E-state index in [1.807, 2.05) is 29.2 Å². The number of fused-ring (bicyclic) bond motifs is 1. The number of nitrogens with zero attached hydrogens (tertiary/aromatic N) is 5. The SMILES string of the molecule is CC[C@H]1c2cccn2CCN1C(=O)c1cccc(-n2cnnc2)c1. The standard InChI is InChI=1S/C18H19N5O/c1-2-16-17-7-4-8-21(17)9-10-23(16)18(24)14-5-3-6-15(11-14)22-12-19-20-13-22/h3-8,11-13,16H,2,9-10H2,1H3/t16-/m0/s1. The van der Waals surface area contributed by atoms with Crippen molar-refractivity contribution in [1.82, 2.24) is 24.2 Å². The summed E-state index contributed by atoms with van der Waals surface area (Å²) in [6, 6.07) is 11.9. The van der Waals surface area contributed by atoms with E-state index < -0.39 is 0 Å². The predicted octanol–water partition coefficient (Wildman–Crippen LogP) is 2.68. The van der Waals surface area contributed by atoms with Gasteiger partial charge in [-0.1, -0.05) is 13.0 Å². The fraction of sp³-hybridized carbons (Fsp3) is 0.278. The average Bonchev–Trinajstić information content (AvgIpc) is 3.31. The minimum absolute atomic E-state index is 0.0734. The molecule has 0 fully saturated rings. The van der Waals surface area contributed by atoms with Crippen molar-refractivity contribution in [2.75, 3.05) is 6.54 Å². The van der Waals surface area contributed by atoms with E-state index >= 15 is 0 Å². The third kappa shape index (κ3) is 2.40. The quantitative estimate of drug-likeness (QED) is 0.745. The number of rotatable bonds is 3. The van der Waals surface area contributed by atoms with Gasteiger partial charge in [0, 0.05) is 36.2 Å². The lowest BCUT2D eigenvalue weighted by Gasteiger charge is -2.36. The number of amides is 1. The molecule has 0 saturated heterocycles. The number of hydrogen-bond donors (Lipinski definition) is 0. The van der Waals surface area contributed by atoms with Gasteiger partial charge in [-0.25, -0.2) is 0 Å². The van der Waals surface area contributed by atoms with Gasteiger partial charge in [0.25, 0.3) is 5.91 Å². The van der Waals surface area contributed by atoms with E-state index in [4.69, 9.17) is 0 Å². The minimum atomic E-state index is 0.0734. The summed E-state index contributed by atoms with van der Waals surface area (Å²) in [6.45, 7) is 3.70. The lowest BCUT2D eigenvalue weighted by atomic mass is 10.0. The molecule has 1 aliphatic rings. The number of aromatic nitrogens is 4. The first-order valence-electron chi connectivity index (χ1n) is 8.19. The smallest absolute Gasteiger partial charge is 0.254 e. The van der Waals surface area contributed by atoms with E-state index in [0.717, 1.165) is 25.2 Å². The van der Waals surface area contributed by atoms with Crippen LogP contribution < -0.4 is 0 Å². The highest BCUT2D eigenvalue weighted by Crippen LogP contribution is 2.30. The Hall–Kier alpha value is -2.89. The zero-order valence-corrected chi connectivity index (χ0v) is 13.5. The Morgan fingerprint density at radius 1 is 1.17 bits per heavy atom. The molecule has 0 radical (unpaired) electrons. The average molecular weight is 321 g/mol. The lowest BCUT2D eigenvalue weighted by molar-refractivity contribution is 0.0618. The second-order valence-corrected chi connectivity index (χ2v) is 5.97. The van der Waals surface area contributed by atoms with Gasteiger partial charge in [0.15, 0.2) is 0 Å². The largest absolute Gasteiger partial charge is 0.348 e. The topological polar surface area (TPSA) is 56.0 Å². The molecule has 0 N–H and O–H groups in total. The molecule has 1 aliphatic heterocycles. The van der Waals surface area contributed by atoms with Crippen LogP contribution in [0.15, 0.2) is 55.2 Å². The normalized spacial score (nSPS) is 16.9. The molecule has 0 aliphatic carbocycles. The second-order valence-electron chi connectivity index (χ2n) is 5.97. The lowest BCUT2D eigenvalue weighted by Crippen LogP contribution is -2.41. The van der Waals surface area contributed by atoms with Crippen LogP contribution in [0.5, 0.6) is 0 Å². The Morgan fingerprint density at radius 3 is 2.79 bits per heavy atom. The number of carbonyl (C=O) groups is 1. The van der Waals surface area contributed by atoms with Crippen molar-refractivity contribution in [1.29, 1.82) is 0 Å². The third-order valence-corrected chi connectivity index (χ3v) is 4.62. The van der Waals surface area contributed by atoms with Gasteiger partial charge in [-0.3, -0.25) is 9.36 Å². The van der Waals surface area contributed by atoms with E-state index in [1.165, 1.54) is 5.69 Å². The van der Waals surface area contributed by atoms with Crippen molar-refractivity contribution >= 4 is 5.91 Å². The molecule has 0 bridgehead atoms. The minimum Gasteiger partial charge on any atom is -0.348 e. The Labute approximate surface area is 140 Å². The van der Waals surface area contributed by atoms with Gasteiger partial charge in [0.05, 0.1) is 6.04 Å². The Balaban J connectivity index is 1.65. The molecule has 0 saturated carbocycles. The molecule has 6 heteroatoms. The number of carbonyl (C=O) groups excluding carboxylic acids is 1. The van der Waals surface area contributed by atoms with E-state index in [1.54, 1.807) is 17.2 Å². The third-order valence-electron chi connectivity index (χ3n) is 4.62. The van der Waals surface area contributed by atoms with Crippen molar-refractivity contribution in [2.45, 2.75) is 25.9 Å². The van der Waals surface area contributed by atoms with Crippen molar-refractivity contribution in [3.05, 3.63) is 66.5 Å². The summed E-state index contributed by atoms with van der Waals surface area (Å²) in [4.78, 5) is 15.1. The Morgan fingerprint density at radius 2 is 2.00 bits per heavy atom. The van der Waals surface area contributed by atoms with Crippen molar-refractivity contribution in [3.8, 4) is 5.69 Å². The molecule has 1 atom stereocenters. The molecule has 1 amide bonds. The monoisotopic (exact) mass is 321 g/mol. The molecule has 6 nitrogen and oxygen atoms in total. The van der Waals surface area contributed by atoms with Crippen LogP contribution in [0, 0.1) is 0 Å². The summed E-state index contributed by atoms with van der Waals surface area (Å²) in [7, 11) is 0. The second kappa shape index (κ2) is 5.96. The van der Waals surface area contributed by atoms with Crippen molar-refractivity contribution < 1.29 is 4.79 Å². The highest BCUT2D eigenvalue weighted by atomic mass is 16.2. The maximum atomic E-state index is 13.1. The maximum Gasteiger partial charge on any atom is 0.254 e. The summed E-state index contributed by atoms with van der Waals surface area (Å²) in [5.74, 6) is 0.0734. The molecule has 24 heavy (non-hydrogen) atoms. The van der Waals surface area contributed by atoms with Gasteiger partial charge < -0.3 is 9.47 Å². The molecule has 0 unspecified atom stereocenters. The first-order valence-corrected chi connectivity index (χ1v) is 8.19. The van der Waals surface area contributed by atoms with Crippen LogP contribution in [0.25, 0.3) is 5.69 Å². The Bertz CT molecular complexity index is 852. The Kier molecular flexibility index (Phi) is 3.65. The van der Waals surface area contributed by atoms with Crippen LogP contribution in [-0.2, 0) is 6.54 Å². The van der Waals surface area contributed by atoms with Gasteiger partial charge in [0.1, 0.15) is 12.7 Å². The summed E-state index contributed by atoms with van der Waals surface area (Å²) in [6.07, 6.45) is 6.26. The molecule has 122 valence electrons. The molecule has 4 rings (SSSR count).